The van der Waals surface area contributed by atoms with E-state index in [4.69, 9.17) is 5.26 Å². The third-order valence-electron chi connectivity index (χ3n) is 4.87. The Labute approximate surface area is 134 Å². The summed E-state index contributed by atoms with van der Waals surface area (Å²) in [6.07, 6.45) is 3.18. The molecule has 1 N–H and O–H groups in total. The molecule has 1 aromatic carbocycles. The van der Waals surface area contributed by atoms with E-state index in [1.807, 2.05) is 0 Å². The van der Waals surface area contributed by atoms with Gasteiger partial charge in [0.2, 0.25) is 0 Å². The molecule has 1 unspecified atom stereocenters. The number of anilines is 1. The van der Waals surface area contributed by atoms with Crippen LogP contribution in [0.15, 0.2) is 12.1 Å². The number of piperidine rings is 2. The van der Waals surface area contributed by atoms with Gasteiger partial charge < -0.3 is 10.0 Å². The minimum absolute atomic E-state index is 0.00216. The topological polar surface area (TPSA) is 50.5 Å². The fourth-order valence-electron chi connectivity index (χ4n) is 3.64. The highest BCUT2D eigenvalue weighted by atomic mass is 19.1. The van der Waals surface area contributed by atoms with Crippen LogP contribution >= 0.6 is 0 Å². The molecule has 23 heavy (non-hydrogen) atoms. The summed E-state index contributed by atoms with van der Waals surface area (Å²) < 4.78 is 28.4. The first-order valence-corrected chi connectivity index (χ1v) is 8.14. The minimum Gasteiger partial charge on any atom is -0.393 e. The van der Waals surface area contributed by atoms with Gasteiger partial charge in [0.15, 0.2) is 11.6 Å². The third kappa shape index (κ3) is 3.46. The Morgan fingerprint density at radius 1 is 1.09 bits per heavy atom. The van der Waals surface area contributed by atoms with Crippen LogP contribution in [-0.4, -0.2) is 48.3 Å². The van der Waals surface area contributed by atoms with Crippen LogP contribution in [0.5, 0.6) is 0 Å². The first-order chi connectivity index (χ1) is 11.1. The number of halogens is 2. The van der Waals surface area contributed by atoms with Gasteiger partial charge in [-0.15, -0.1) is 0 Å². The molecule has 3 rings (SSSR count). The average molecular weight is 321 g/mol. The predicted octanol–water partition coefficient (Wildman–Crippen LogP) is 2.26. The highest BCUT2D eigenvalue weighted by Gasteiger charge is 2.30. The molecule has 1 aromatic rings. The molecule has 0 saturated carbocycles. The number of nitriles is 1. The molecule has 0 radical (unpaired) electrons. The zero-order valence-corrected chi connectivity index (χ0v) is 13.0. The summed E-state index contributed by atoms with van der Waals surface area (Å²) in [5, 5.41) is 18.4. The van der Waals surface area contributed by atoms with Gasteiger partial charge in [0.05, 0.1) is 17.7 Å². The van der Waals surface area contributed by atoms with Crippen LogP contribution in [0, 0.1) is 23.0 Å². The van der Waals surface area contributed by atoms with Gasteiger partial charge in [0.1, 0.15) is 5.69 Å². The van der Waals surface area contributed by atoms with E-state index in [0.717, 1.165) is 50.9 Å². The number of aliphatic hydroxyl groups is 1. The van der Waals surface area contributed by atoms with Crippen LogP contribution in [0.4, 0.5) is 14.5 Å². The van der Waals surface area contributed by atoms with Gasteiger partial charge >= 0.3 is 0 Å². The highest BCUT2D eigenvalue weighted by molar-refractivity contribution is 5.53. The van der Waals surface area contributed by atoms with Gasteiger partial charge in [0, 0.05) is 32.2 Å². The van der Waals surface area contributed by atoms with E-state index in [1.165, 1.54) is 0 Å². The van der Waals surface area contributed by atoms with Crippen LogP contribution in [0.2, 0.25) is 0 Å². The molecule has 2 saturated heterocycles. The van der Waals surface area contributed by atoms with Gasteiger partial charge in [-0.1, -0.05) is 0 Å². The zero-order valence-electron chi connectivity index (χ0n) is 13.0. The predicted molar refractivity (Wildman–Crippen MR) is 83.1 cm³/mol. The number of rotatable bonds is 2. The molecule has 2 aliphatic rings. The monoisotopic (exact) mass is 321 g/mol. The summed E-state index contributed by atoms with van der Waals surface area (Å²) in [5.74, 6) is -1.34. The molecule has 0 aromatic heterocycles. The van der Waals surface area contributed by atoms with E-state index in [-0.39, 0.29) is 23.4 Å². The molecule has 0 amide bonds. The zero-order chi connectivity index (χ0) is 16.4. The molecule has 2 aliphatic heterocycles. The van der Waals surface area contributed by atoms with Crippen LogP contribution in [0.25, 0.3) is 0 Å². The molecule has 1 atom stereocenters. The molecule has 124 valence electrons. The van der Waals surface area contributed by atoms with E-state index in [2.05, 4.69) is 4.90 Å². The van der Waals surface area contributed by atoms with Gasteiger partial charge in [-0.05, 0) is 37.8 Å². The first-order valence-electron chi connectivity index (χ1n) is 8.14. The minimum atomic E-state index is -0.670. The highest BCUT2D eigenvalue weighted by Crippen LogP contribution is 2.29. The molecule has 2 heterocycles. The number of hydrogen-bond donors (Lipinski definition) is 1. The fraction of sp³-hybridized carbons (Fsp3) is 0.588. The van der Waals surface area contributed by atoms with Crippen LogP contribution in [0.1, 0.15) is 31.2 Å². The van der Waals surface area contributed by atoms with Gasteiger partial charge in [-0.25, -0.2) is 8.78 Å². The van der Waals surface area contributed by atoms with Crippen molar-refractivity contribution in [2.75, 3.05) is 31.1 Å². The van der Waals surface area contributed by atoms with Gasteiger partial charge in [-0.2, -0.15) is 5.26 Å². The molecule has 0 spiro atoms. The second-order valence-electron chi connectivity index (χ2n) is 6.41. The fourth-order valence-corrected chi connectivity index (χ4v) is 3.64. The van der Waals surface area contributed by atoms with Crippen molar-refractivity contribution >= 4 is 5.69 Å². The van der Waals surface area contributed by atoms with Crippen molar-refractivity contribution in [2.45, 2.75) is 37.8 Å². The summed E-state index contributed by atoms with van der Waals surface area (Å²) in [6.45, 7) is 2.86. The molecule has 0 bridgehead atoms. The van der Waals surface area contributed by atoms with Crippen LogP contribution in [-0.2, 0) is 0 Å². The summed E-state index contributed by atoms with van der Waals surface area (Å²) in [4.78, 5) is 4.07. The summed E-state index contributed by atoms with van der Waals surface area (Å²) in [7, 11) is 0. The molecule has 0 aliphatic carbocycles. The summed E-state index contributed by atoms with van der Waals surface area (Å²) in [6, 6.07) is 4.22. The second kappa shape index (κ2) is 6.81. The number of hydrogen-bond acceptors (Lipinski definition) is 4. The standard InChI is InChI=1S/C17H21F2N3O/c18-15-8-12(10-20)9-16(19)17(15)22-5-1-2-13(11-22)21-6-3-14(23)4-7-21/h8-9,13-14,23H,1-7,11H2. The van der Waals surface area contributed by atoms with Crippen LogP contribution < -0.4 is 4.90 Å². The van der Waals surface area contributed by atoms with E-state index < -0.39 is 11.6 Å². The van der Waals surface area contributed by atoms with Crippen molar-refractivity contribution in [1.29, 1.82) is 5.26 Å². The van der Waals surface area contributed by atoms with E-state index in [0.29, 0.717) is 13.1 Å². The maximum absolute atomic E-state index is 14.2. The van der Waals surface area contributed by atoms with E-state index >= 15 is 0 Å². The Morgan fingerprint density at radius 2 is 1.74 bits per heavy atom. The third-order valence-corrected chi connectivity index (χ3v) is 4.87. The van der Waals surface area contributed by atoms with Crippen molar-refractivity contribution < 1.29 is 13.9 Å². The Kier molecular flexibility index (Phi) is 4.79. The average Bonchev–Trinajstić information content (AvgIpc) is 2.55. The number of likely N-dealkylation sites (tertiary alicyclic amines) is 1. The van der Waals surface area contributed by atoms with Crippen LogP contribution in [0.3, 0.4) is 0 Å². The first kappa shape index (κ1) is 16.2. The SMILES string of the molecule is N#Cc1cc(F)c(N2CCCC(N3CCC(O)CC3)C2)c(F)c1. The van der Waals surface area contributed by atoms with Crippen molar-refractivity contribution in [3.8, 4) is 6.07 Å². The quantitative estimate of drug-likeness (QED) is 0.908. The maximum atomic E-state index is 14.2. The Hall–Kier alpha value is -1.71. The van der Waals surface area contributed by atoms with Crippen molar-refractivity contribution in [3.05, 3.63) is 29.3 Å². The summed E-state index contributed by atoms with van der Waals surface area (Å²) >= 11 is 0. The lowest BCUT2D eigenvalue weighted by molar-refractivity contribution is 0.0566. The Morgan fingerprint density at radius 3 is 2.35 bits per heavy atom. The second-order valence-corrected chi connectivity index (χ2v) is 6.41. The van der Waals surface area contributed by atoms with Gasteiger partial charge in [-0.3, -0.25) is 4.90 Å². The number of benzene rings is 1. The van der Waals surface area contributed by atoms with Crippen molar-refractivity contribution in [1.82, 2.24) is 4.90 Å². The summed E-state index contributed by atoms with van der Waals surface area (Å²) in [5.41, 5.74) is -0.0203. The van der Waals surface area contributed by atoms with Gasteiger partial charge in [0.25, 0.3) is 0 Å². The maximum Gasteiger partial charge on any atom is 0.150 e. The Balaban J connectivity index is 1.75. The lowest BCUT2D eigenvalue weighted by Gasteiger charge is -2.42. The molecule has 2 fully saturated rings. The van der Waals surface area contributed by atoms with Crippen molar-refractivity contribution in [2.24, 2.45) is 0 Å². The molecular weight excluding hydrogens is 300 g/mol. The lowest BCUT2D eigenvalue weighted by Crippen LogP contribution is -2.51. The molecular formula is C17H21F2N3O. The normalized spacial score (nSPS) is 23.7. The number of aliphatic hydroxyl groups excluding tert-OH is 1. The smallest absolute Gasteiger partial charge is 0.150 e. The molecule has 4 nitrogen and oxygen atoms in total. The van der Waals surface area contributed by atoms with E-state index in [9.17, 15) is 13.9 Å². The van der Waals surface area contributed by atoms with Crippen molar-refractivity contribution in [3.63, 3.8) is 0 Å². The largest absolute Gasteiger partial charge is 0.393 e. The van der Waals surface area contributed by atoms with E-state index in [1.54, 1.807) is 11.0 Å². The number of nitrogens with zero attached hydrogens (tertiary/aromatic N) is 3. The molecule has 6 heteroatoms. The Bertz CT molecular complexity index is 585. The lowest BCUT2D eigenvalue weighted by atomic mass is 9.99.